The first kappa shape index (κ1) is 18.3. The molecule has 9 heteroatoms. The zero-order chi connectivity index (χ0) is 15.2. The molecule has 116 valence electrons. The molecule has 0 radical (unpaired) electrons. The van der Waals surface area contributed by atoms with Crippen molar-refractivity contribution in [1.29, 1.82) is 0 Å². The Morgan fingerprint density at radius 2 is 1.15 bits per heavy atom. The Bertz CT molecular complexity index is 302. The van der Waals surface area contributed by atoms with Crippen LogP contribution >= 0.6 is 0 Å². The maximum absolute atomic E-state index is 10.8. The predicted molar refractivity (Wildman–Crippen MR) is 63.4 cm³/mol. The van der Waals surface area contributed by atoms with Crippen molar-refractivity contribution in [2.24, 2.45) is 0 Å². The van der Waals surface area contributed by atoms with Crippen molar-refractivity contribution >= 4 is 18.1 Å². The molecule has 0 aromatic heterocycles. The summed E-state index contributed by atoms with van der Waals surface area (Å²) in [4.78, 5) is 30.9. The first-order valence-electron chi connectivity index (χ1n) is 5.91. The van der Waals surface area contributed by atoms with Crippen molar-refractivity contribution in [3.8, 4) is 0 Å². The summed E-state index contributed by atoms with van der Waals surface area (Å²) in [5.41, 5.74) is 0. The summed E-state index contributed by atoms with van der Waals surface area (Å²) in [6.07, 6.45) is -1.83. The number of hydrogen-bond donors (Lipinski definition) is 2. The minimum Gasteiger partial charge on any atom is -0.481 e. The van der Waals surface area contributed by atoms with E-state index in [0.717, 1.165) is 0 Å². The molecule has 2 N–H and O–H groups in total. The average molecular weight is 294 g/mol. The number of esters is 1. The Morgan fingerprint density at radius 3 is 1.60 bits per heavy atom. The molecule has 0 atom stereocenters. The number of aliphatic carboxylic acids is 1. The van der Waals surface area contributed by atoms with Gasteiger partial charge in [-0.2, -0.15) is 0 Å². The van der Waals surface area contributed by atoms with Gasteiger partial charge in [0.05, 0.1) is 52.5 Å². The van der Waals surface area contributed by atoms with Crippen LogP contribution in [0.4, 0.5) is 4.79 Å². The van der Waals surface area contributed by atoms with Gasteiger partial charge in [-0.3, -0.25) is 9.59 Å². The van der Waals surface area contributed by atoms with Gasteiger partial charge in [-0.15, -0.1) is 0 Å². The number of carbonyl (C=O) groups is 3. The quantitative estimate of drug-likeness (QED) is 0.293. The van der Waals surface area contributed by atoms with E-state index in [-0.39, 0.29) is 45.9 Å². The third-order valence-electron chi connectivity index (χ3n) is 1.86. The summed E-state index contributed by atoms with van der Waals surface area (Å²) < 4.78 is 18.9. The predicted octanol–water partition coefficient (Wildman–Crippen LogP) is 0.122. The fourth-order valence-corrected chi connectivity index (χ4v) is 1.01. The first-order chi connectivity index (χ1) is 9.52. The maximum Gasteiger partial charge on any atom is 0.513 e. The Hall–Kier alpha value is -1.71. The van der Waals surface area contributed by atoms with Gasteiger partial charge in [0, 0.05) is 0 Å². The molecule has 0 bridgehead atoms. The highest BCUT2D eigenvalue weighted by Crippen LogP contribution is 1.90. The van der Waals surface area contributed by atoms with Gasteiger partial charge in [0.1, 0.15) is 0 Å². The lowest BCUT2D eigenvalue weighted by Crippen LogP contribution is -2.14. The summed E-state index contributed by atoms with van der Waals surface area (Å²) in [6.45, 7) is 1.32. The van der Waals surface area contributed by atoms with E-state index in [1.807, 2.05) is 0 Å². The van der Waals surface area contributed by atoms with Crippen LogP contribution in [0.15, 0.2) is 0 Å². The van der Waals surface area contributed by atoms with Gasteiger partial charge in [-0.1, -0.05) is 0 Å². The number of carboxylic acids is 1. The molecule has 0 aliphatic carbocycles. The number of hydrogen-bond acceptors (Lipinski definition) is 7. The van der Waals surface area contributed by atoms with Crippen LogP contribution in [0.2, 0.25) is 0 Å². The molecule has 0 aliphatic rings. The van der Waals surface area contributed by atoms with Gasteiger partial charge in [0.2, 0.25) is 0 Å². The Labute approximate surface area is 115 Å². The van der Waals surface area contributed by atoms with Crippen LogP contribution < -0.4 is 0 Å². The third-order valence-corrected chi connectivity index (χ3v) is 1.86. The molecule has 0 amide bonds. The van der Waals surface area contributed by atoms with Crippen molar-refractivity contribution < 1.29 is 43.5 Å². The largest absolute Gasteiger partial charge is 0.513 e. The van der Waals surface area contributed by atoms with Crippen LogP contribution in [0.5, 0.6) is 0 Å². The van der Waals surface area contributed by atoms with Crippen LogP contribution in [0.3, 0.4) is 0 Å². The molecule has 0 rings (SSSR count). The Balaban J connectivity index is 3.15. The average Bonchev–Trinajstić information content (AvgIpc) is 2.34. The van der Waals surface area contributed by atoms with Gasteiger partial charge < -0.3 is 29.2 Å². The molecular weight excluding hydrogens is 276 g/mol. The van der Waals surface area contributed by atoms with Gasteiger partial charge >= 0.3 is 18.1 Å². The number of ether oxygens (including phenoxy) is 4. The molecule has 0 unspecified atom stereocenters. The highest BCUT2D eigenvalue weighted by atomic mass is 16.7. The zero-order valence-corrected chi connectivity index (χ0v) is 10.9. The van der Waals surface area contributed by atoms with Crippen molar-refractivity contribution in [1.82, 2.24) is 0 Å². The molecule has 0 saturated heterocycles. The van der Waals surface area contributed by atoms with Crippen molar-refractivity contribution in [2.45, 2.75) is 12.8 Å². The van der Waals surface area contributed by atoms with Gasteiger partial charge in [0.25, 0.3) is 0 Å². The Kier molecular flexibility index (Phi) is 11.3. The lowest BCUT2D eigenvalue weighted by molar-refractivity contribution is -0.140. The van der Waals surface area contributed by atoms with Crippen molar-refractivity contribution in [2.75, 3.05) is 39.6 Å². The van der Waals surface area contributed by atoms with Gasteiger partial charge in [-0.05, 0) is 0 Å². The van der Waals surface area contributed by atoms with E-state index < -0.39 is 18.1 Å². The molecule has 0 heterocycles. The molecule has 9 nitrogen and oxygen atoms in total. The minimum absolute atomic E-state index is 0.0461. The Morgan fingerprint density at radius 1 is 0.700 bits per heavy atom. The fraction of sp³-hybridized carbons (Fsp3) is 0.727. The molecule has 20 heavy (non-hydrogen) atoms. The van der Waals surface area contributed by atoms with E-state index in [1.165, 1.54) is 0 Å². The summed E-state index contributed by atoms with van der Waals surface area (Å²) in [5, 5.41) is 16.5. The van der Waals surface area contributed by atoms with E-state index in [4.69, 9.17) is 24.4 Å². The van der Waals surface area contributed by atoms with E-state index in [2.05, 4.69) is 4.74 Å². The molecule has 0 aromatic rings. The topological polar surface area (TPSA) is 129 Å². The fourth-order valence-electron chi connectivity index (χ4n) is 1.01. The minimum atomic E-state index is -1.64. The zero-order valence-electron chi connectivity index (χ0n) is 10.9. The summed E-state index contributed by atoms with van der Waals surface area (Å²) >= 11 is 0. The molecule has 0 aromatic carbocycles. The number of rotatable bonds is 12. The molecule has 0 saturated carbocycles. The second-order valence-corrected chi connectivity index (χ2v) is 3.47. The molecule has 0 fully saturated rings. The lowest BCUT2D eigenvalue weighted by atomic mass is 10.5. The SMILES string of the molecule is O=C(O)CCOCCOCCOCCC(=O)OC(=O)O. The van der Waals surface area contributed by atoms with Gasteiger partial charge in [0.15, 0.2) is 0 Å². The summed E-state index contributed by atoms with van der Waals surface area (Å²) in [7, 11) is 0. The van der Waals surface area contributed by atoms with Crippen LogP contribution in [0.25, 0.3) is 0 Å². The molecular formula is C11H18O9. The number of carbonyl (C=O) groups excluding carboxylic acids is 1. The highest BCUT2D eigenvalue weighted by Gasteiger charge is 2.07. The second kappa shape index (κ2) is 12.3. The van der Waals surface area contributed by atoms with E-state index in [1.54, 1.807) is 0 Å². The van der Waals surface area contributed by atoms with Crippen LogP contribution in [-0.2, 0) is 28.5 Å². The molecule has 0 spiro atoms. The van der Waals surface area contributed by atoms with Crippen LogP contribution in [0, 0.1) is 0 Å². The van der Waals surface area contributed by atoms with Crippen molar-refractivity contribution in [3.05, 3.63) is 0 Å². The second-order valence-electron chi connectivity index (χ2n) is 3.47. The van der Waals surface area contributed by atoms with Crippen LogP contribution in [0.1, 0.15) is 12.8 Å². The van der Waals surface area contributed by atoms with E-state index in [9.17, 15) is 14.4 Å². The number of carboxylic acid groups (broad SMARTS) is 2. The highest BCUT2D eigenvalue weighted by molar-refractivity contribution is 5.80. The summed E-state index contributed by atoms with van der Waals surface area (Å²) in [6, 6.07) is 0. The van der Waals surface area contributed by atoms with E-state index in [0.29, 0.717) is 6.61 Å². The van der Waals surface area contributed by atoms with E-state index >= 15 is 0 Å². The van der Waals surface area contributed by atoms with Crippen LogP contribution in [-0.4, -0.2) is 67.9 Å². The lowest BCUT2D eigenvalue weighted by Gasteiger charge is -2.05. The van der Waals surface area contributed by atoms with Gasteiger partial charge in [-0.25, -0.2) is 4.79 Å². The molecule has 0 aliphatic heterocycles. The van der Waals surface area contributed by atoms with Crippen molar-refractivity contribution in [3.63, 3.8) is 0 Å². The third kappa shape index (κ3) is 14.4. The standard InChI is InChI=1S/C11H18O9/c12-9(13)1-3-17-5-7-19-8-6-18-4-2-10(14)20-11(15)16/h1-8H2,(H,12,13)(H,15,16). The first-order valence-corrected chi connectivity index (χ1v) is 5.91. The monoisotopic (exact) mass is 294 g/mol. The summed E-state index contributed by atoms with van der Waals surface area (Å²) in [5.74, 6) is -1.79. The normalized spacial score (nSPS) is 10.2. The maximum atomic E-state index is 10.8. The smallest absolute Gasteiger partial charge is 0.481 e.